The minimum Gasteiger partial charge on any atom is -0.497 e. The minimum atomic E-state index is -1.21. The van der Waals surface area contributed by atoms with Crippen LogP contribution in [0.1, 0.15) is 13.8 Å². The number of nitrogens with one attached hydrogen (secondary N) is 2. The highest BCUT2D eigenvalue weighted by Gasteiger charge is 2.36. The van der Waals surface area contributed by atoms with E-state index < -0.39 is 5.41 Å². The Bertz CT molecular complexity index is 679. The van der Waals surface area contributed by atoms with Gasteiger partial charge in [0.05, 0.1) is 7.11 Å². The summed E-state index contributed by atoms with van der Waals surface area (Å²) in [5.41, 5.74) is 0.0506. The number of carbonyl (C=O) groups is 2. The molecule has 0 aliphatic heterocycles. The van der Waals surface area contributed by atoms with E-state index in [9.17, 15) is 9.59 Å². The predicted octanol–water partition coefficient (Wildman–Crippen LogP) is 3.30. The second-order valence-electron chi connectivity index (χ2n) is 5.63. The van der Waals surface area contributed by atoms with E-state index in [1.165, 1.54) is 0 Å². The lowest BCUT2D eigenvalue weighted by atomic mass is 9.90. The van der Waals surface area contributed by atoms with Gasteiger partial charge in [-0.1, -0.05) is 18.2 Å². The van der Waals surface area contributed by atoms with Crippen LogP contribution in [0.4, 0.5) is 11.4 Å². The molecule has 0 aromatic heterocycles. The molecule has 0 saturated carbocycles. The van der Waals surface area contributed by atoms with E-state index in [-0.39, 0.29) is 11.8 Å². The summed E-state index contributed by atoms with van der Waals surface area (Å²) in [4.78, 5) is 24.8. The van der Waals surface area contributed by atoms with Gasteiger partial charge in [-0.2, -0.15) is 0 Å². The number of carbonyl (C=O) groups excluding carboxylic acids is 2. The number of benzene rings is 2. The van der Waals surface area contributed by atoms with Gasteiger partial charge in [0.2, 0.25) is 11.8 Å². The summed E-state index contributed by atoms with van der Waals surface area (Å²) in [5, 5.41) is 5.49. The van der Waals surface area contributed by atoms with Gasteiger partial charge >= 0.3 is 0 Å². The van der Waals surface area contributed by atoms with Gasteiger partial charge in [0.15, 0.2) is 0 Å². The quantitative estimate of drug-likeness (QED) is 0.832. The Morgan fingerprint density at radius 1 is 0.826 bits per heavy atom. The smallest absolute Gasteiger partial charge is 0.239 e. The molecule has 0 heterocycles. The highest BCUT2D eigenvalue weighted by atomic mass is 16.5. The molecule has 0 spiro atoms. The topological polar surface area (TPSA) is 67.4 Å². The monoisotopic (exact) mass is 312 g/mol. The van der Waals surface area contributed by atoms with E-state index in [4.69, 9.17) is 4.74 Å². The number of methoxy groups -OCH3 is 1. The average Bonchev–Trinajstić information content (AvgIpc) is 2.56. The van der Waals surface area contributed by atoms with Crippen LogP contribution in [0.15, 0.2) is 54.6 Å². The largest absolute Gasteiger partial charge is 0.497 e. The summed E-state index contributed by atoms with van der Waals surface area (Å²) in [6, 6.07) is 16.0. The van der Waals surface area contributed by atoms with Gasteiger partial charge in [-0.05, 0) is 50.2 Å². The third-order valence-electron chi connectivity index (χ3n) is 3.51. The first-order valence-corrected chi connectivity index (χ1v) is 7.25. The molecule has 0 aliphatic carbocycles. The van der Waals surface area contributed by atoms with Crippen molar-refractivity contribution in [2.24, 2.45) is 5.41 Å². The highest BCUT2D eigenvalue weighted by molar-refractivity contribution is 6.13. The van der Waals surface area contributed by atoms with Gasteiger partial charge in [0.25, 0.3) is 0 Å². The van der Waals surface area contributed by atoms with E-state index in [0.717, 1.165) is 0 Å². The summed E-state index contributed by atoms with van der Waals surface area (Å²) >= 11 is 0. The maximum Gasteiger partial charge on any atom is 0.239 e. The van der Waals surface area contributed by atoms with Crippen molar-refractivity contribution in [2.75, 3.05) is 17.7 Å². The van der Waals surface area contributed by atoms with Crippen LogP contribution in [0, 0.1) is 5.41 Å². The lowest BCUT2D eigenvalue weighted by Gasteiger charge is -2.22. The Morgan fingerprint density at radius 2 is 1.30 bits per heavy atom. The van der Waals surface area contributed by atoms with Crippen LogP contribution in [0.2, 0.25) is 0 Å². The third-order valence-corrected chi connectivity index (χ3v) is 3.51. The van der Waals surface area contributed by atoms with E-state index in [0.29, 0.717) is 17.1 Å². The molecule has 0 atom stereocenters. The van der Waals surface area contributed by atoms with Gasteiger partial charge in [-0.25, -0.2) is 0 Å². The van der Waals surface area contributed by atoms with Crippen molar-refractivity contribution in [1.82, 2.24) is 0 Å². The highest BCUT2D eigenvalue weighted by Crippen LogP contribution is 2.22. The second-order valence-corrected chi connectivity index (χ2v) is 5.63. The molecule has 2 N–H and O–H groups in total. The molecular formula is C18H20N2O3. The molecule has 0 bridgehead atoms. The maximum atomic E-state index is 12.4. The van der Waals surface area contributed by atoms with Crippen molar-refractivity contribution < 1.29 is 14.3 Å². The van der Waals surface area contributed by atoms with Crippen molar-refractivity contribution in [1.29, 1.82) is 0 Å². The Morgan fingerprint density at radius 3 is 1.78 bits per heavy atom. The van der Waals surface area contributed by atoms with Gasteiger partial charge in [0.1, 0.15) is 11.2 Å². The molecule has 0 unspecified atom stereocenters. The maximum absolute atomic E-state index is 12.4. The first-order chi connectivity index (χ1) is 10.9. The summed E-state index contributed by atoms with van der Waals surface area (Å²) in [7, 11) is 1.57. The first-order valence-electron chi connectivity index (χ1n) is 7.25. The van der Waals surface area contributed by atoms with Crippen LogP contribution in [-0.4, -0.2) is 18.9 Å². The Labute approximate surface area is 135 Å². The zero-order valence-electron chi connectivity index (χ0n) is 13.4. The molecule has 2 amide bonds. The molecule has 0 radical (unpaired) electrons. The number of anilines is 2. The van der Waals surface area contributed by atoms with E-state index in [2.05, 4.69) is 10.6 Å². The van der Waals surface area contributed by atoms with E-state index in [1.807, 2.05) is 18.2 Å². The Hall–Kier alpha value is -2.82. The van der Waals surface area contributed by atoms with Crippen molar-refractivity contribution in [2.45, 2.75) is 13.8 Å². The molecule has 0 fully saturated rings. The number of amides is 2. The van der Waals surface area contributed by atoms with E-state index >= 15 is 0 Å². The van der Waals surface area contributed by atoms with Gasteiger partial charge in [-0.3, -0.25) is 9.59 Å². The van der Waals surface area contributed by atoms with Crippen molar-refractivity contribution in [3.63, 3.8) is 0 Å². The molecule has 120 valence electrons. The molecule has 0 aliphatic rings. The lowest BCUT2D eigenvalue weighted by Crippen LogP contribution is -2.41. The molecule has 0 saturated heterocycles. The third kappa shape index (κ3) is 4.10. The first kappa shape index (κ1) is 16.5. The SMILES string of the molecule is COc1ccc(NC(=O)C(C)(C)C(=O)Nc2ccccc2)cc1. The fourth-order valence-corrected chi connectivity index (χ4v) is 1.87. The van der Waals surface area contributed by atoms with E-state index in [1.54, 1.807) is 57.4 Å². The average molecular weight is 312 g/mol. The van der Waals surface area contributed by atoms with Gasteiger partial charge < -0.3 is 15.4 Å². The molecule has 5 nitrogen and oxygen atoms in total. The van der Waals surface area contributed by atoms with Crippen LogP contribution in [0.25, 0.3) is 0 Å². The normalized spacial score (nSPS) is 10.7. The summed E-state index contributed by atoms with van der Waals surface area (Å²) in [5.74, 6) is -0.0464. The van der Waals surface area contributed by atoms with Gasteiger partial charge in [-0.15, -0.1) is 0 Å². The number of hydrogen-bond acceptors (Lipinski definition) is 3. The predicted molar refractivity (Wildman–Crippen MR) is 90.5 cm³/mol. The fraction of sp³-hybridized carbons (Fsp3) is 0.222. The zero-order chi connectivity index (χ0) is 16.9. The molecule has 2 rings (SSSR count). The Kier molecular flexibility index (Phi) is 5.01. The lowest BCUT2D eigenvalue weighted by molar-refractivity contribution is -0.135. The van der Waals surface area contributed by atoms with Crippen molar-refractivity contribution >= 4 is 23.2 Å². The van der Waals surface area contributed by atoms with Crippen LogP contribution in [0.3, 0.4) is 0 Å². The second kappa shape index (κ2) is 6.96. The number of hydrogen-bond donors (Lipinski definition) is 2. The van der Waals surface area contributed by atoms with Crippen LogP contribution in [-0.2, 0) is 9.59 Å². The molecule has 5 heteroatoms. The van der Waals surface area contributed by atoms with Crippen LogP contribution >= 0.6 is 0 Å². The molecule has 23 heavy (non-hydrogen) atoms. The number of ether oxygens (including phenoxy) is 1. The molecule has 2 aromatic carbocycles. The minimum absolute atomic E-state index is 0.366. The standard InChI is InChI=1S/C18H20N2O3/c1-18(2,16(21)19-13-7-5-4-6-8-13)17(22)20-14-9-11-15(23-3)12-10-14/h4-12H,1-3H3,(H,19,21)(H,20,22). The van der Waals surface area contributed by atoms with Crippen molar-refractivity contribution in [3.8, 4) is 5.75 Å². The summed E-state index contributed by atoms with van der Waals surface area (Å²) < 4.78 is 5.07. The molecule has 2 aromatic rings. The fourth-order valence-electron chi connectivity index (χ4n) is 1.87. The van der Waals surface area contributed by atoms with Gasteiger partial charge in [0, 0.05) is 11.4 Å². The summed E-state index contributed by atoms with van der Waals surface area (Å²) in [6.07, 6.45) is 0. The van der Waals surface area contributed by atoms with Crippen molar-refractivity contribution in [3.05, 3.63) is 54.6 Å². The van der Waals surface area contributed by atoms with Crippen LogP contribution in [0.5, 0.6) is 5.75 Å². The Balaban J connectivity index is 2.04. The molecular weight excluding hydrogens is 292 g/mol. The summed E-state index contributed by atoms with van der Waals surface area (Å²) in [6.45, 7) is 3.17. The zero-order valence-corrected chi connectivity index (χ0v) is 13.4. The van der Waals surface area contributed by atoms with Crippen LogP contribution < -0.4 is 15.4 Å². The number of para-hydroxylation sites is 1. The number of rotatable bonds is 5.